The van der Waals surface area contributed by atoms with E-state index in [1.807, 2.05) is 11.4 Å². The third kappa shape index (κ3) is 4.02. The van der Waals surface area contributed by atoms with Crippen LogP contribution in [-0.2, 0) is 38.0 Å². The summed E-state index contributed by atoms with van der Waals surface area (Å²) in [6, 6.07) is 5.02. The first-order valence-corrected chi connectivity index (χ1v) is 13.1. The molecule has 1 aromatic heterocycles. The molecule has 1 fully saturated rings. The lowest BCUT2D eigenvalue weighted by molar-refractivity contribution is -0.122. The summed E-state index contributed by atoms with van der Waals surface area (Å²) in [6.45, 7) is 0.502. The highest BCUT2D eigenvalue weighted by molar-refractivity contribution is 7.89. The maximum absolute atomic E-state index is 13.1. The topological polar surface area (TPSA) is 104 Å². The largest absolute Gasteiger partial charge is 0.304 e. The third-order valence-corrected chi connectivity index (χ3v) is 9.66. The van der Waals surface area contributed by atoms with Gasteiger partial charge in [-0.25, -0.2) is 17.5 Å². The van der Waals surface area contributed by atoms with Crippen molar-refractivity contribution in [1.29, 1.82) is 0 Å². The summed E-state index contributed by atoms with van der Waals surface area (Å²) in [5.74, 6) is -1.46. The van der Waals surface area contributed by atoms with Gasteiger partial charge in [0.25, 0.3) is 5.91 Å². The second-order valence-corrected chi connectivity index (χ2v) is 11.7. The van der Waals surface area contributed by atoms with Crippen LogP contribution in [0.1, 0.15) is 23.3 Å². The van der Waals surface area contributed by atoms with E-state index in [1.165, 1.54) is 4.31 Å². The van der Waals surface area contributed by atoms with Crippen LogP contribution in [0.2, 0.25) is 0 Å². The fourth-order valence-electron chi connectivity index (χ4n) is 3.72. The van der Waals surface area contributed by atoms with Crippen molar-refractivity contribution in [2.24, 2.45) is 0 Å². The minimum atomic E-state index is -4.11. The lowest BCUT2D eigenvalue weighted by atomic mass is 10.1. The first-order valence-electron chi connectivity index (χ1n) is 9.33. The van der Waals surface area contributed by atoms with Gasteiger partial charge < -0.3 is 0 Å². The summed E-state index contributed by atoms with van der Waals surface area (Å²) in [5.41, 5.74) is 0.908. The predicted octanol–water partition coefficient (Wildman–Crippen LogP) is 1.46. The van der Waals surface area contributed by atoms with E-state index in [0.29, 0.717) is 12.8 Å². The minimum Gasteiger partial charge on any atom is -0.272 e. The predicted molar refractivity (Wildman–Crippen MR) is 109 cm³/mol. The highest BCUT2D eigenvalue weighted by Gasteiger charge is 2.41. The third-order valence-electron chi connectivity index (χ3n) is 5.27. The number of benzene rings is 1. The molecule has 162 valence electrons. The molecule has 0 saturated carbocycles. The number of carbonyl (C=O) groups excluding carboxylic acids is 1. The van der Waals surface area contributed by atoms with E-state index in [2.05, 4.69) is 4.72 Å². The average Bonchev–Trinajstić information content (AvgIpc) is 3.37. The molecule has 2 aliphatic heterocycles. The van der Waals surface area contributed by atoms with Crippen LogP contribution in [0.3, 0.4) is 0 Å². The molecule has 30 heavy (non-hydrogen) atoms. The van der Waals surface area contributed by atoms with Gasteiger partial charge in [0, 0.05) is 24.5 Å². The lowest BCUT2D eigenvalue weighted by Gasteiger charge is -2.28. The molecule has 1 aromatic carbocycles. The Balaban J connectivity index is 1.50. The summed E-state index contributed by atoms with van der Waals surface area (Å²) >= 11 is 1.57. The molecule has 1 unspecified atom stereocenters. The number of fused-ring (bicyclic) bond motifs is 1. The molecule has 0 bridgehead atoms. The van der Waals surface area contributed by atoms with E-state index in [1.54, 1.807) is 11.3 Å². The van der Waals surface area contributed by atoms with Gasteiger partial charge in [-0.1, -0.05) is 0 Å². The number of sulfonamides is 1. The van der Waals surface area contributed by atoms with Crippen LogP contribution < -0.4 is 4.72 Å². The molecule has 2 aromatic rings. The van der Waals surface area contributed by atoms with Crippen molar-refractivity contribution in [3.63, 3.8) is 0 Å². The van der Waals surface area contributed by atoms with Crippen molar-refractivity contribution < 1.29 is 26.0 Å². The van der Waals surface area contributed by atoms with Gasteiger partial charge in [-0.15, -0.1) is 11.3 Å². The number of halogens is 1. The molecular weight excluding hydrogens is 453 g/mol. The monoisotopic (exact) mass is 473 g/mol. The smallest absolute Gasteiger partial charge is 0.272 e. The van der Waals surface area contributed by atoms with E-state index in [4.69, 9.17) is 0 Å². The van der Waals surface area contributed by atoms with Gasteiger partial charge in [0.1, 0.15) is 11.9 Å². The van der Waals surface area contributed by atoms with Crippen LogP contribution in [0, 0.1) is 5.82 Å². The molecule has 12 heteroatoms. The summed E-state index contributed by atoms with van der Waals surface area (Å²) < 4.78 is 68.6. The molecule has 1 atom stereocenters. The highest BCUT2D eigenvalue weighted by atomic mass is 32.2. The zero-order chi connectivity index (χ0) is 21.5. The van der Waals surface area contributed by atoms with Crippen molar-refractivity contribution in [3.05, 3.63) is 52.0 Å². The summed E-state index contributed by atoms with van der Waals surface area (Å²) in [4.78, 5) is 13.7. The van der Waals surface area contributed by atoms with Gasteiger partial charge in [0.2, 0.25) is 10.0 Å². The van der Waals surface area contributed by atoms with Crippen LogP contribution in [0.25, 0.3) is 0 Å². The summed E-state index contributed by atoms with van der Waals surface area (Å²) in [5, 5.41) is 1.90. The fourth-order valence-corrected chi connectivity index (χ4v) is 7.43. The second kappa shape index (κ2) is 8.00. The molecule has 0 spiro atoms. The molecule has 1 saturated heterocycles. The standard InChI is InChI=1S/C18H20FN3O5S3/c19-14-3-5-15(6-4-14)29(24,25)22-9-1-2-16(22)18(23)20-30(26,27)21-10-7-17-13(12-21)8-11-28-17/h3-6,8,11,16H,1-2,7,9-10,12H2,(H,20,23). The second-order valence-electron chi connectivity index (χ2n) is 7.15. The molecule has 2 aliphatic rings. The van der Waals surface area contributed by atoms with Gasteiger partial charge in [-0.05, 0) is 60.5 Å². The van der Waals surface area contributed by atoms with Gasteiger partial charge in [-0.2, -0.15) is 17.0 Å². The first-order chi connectivity index (χ1) is 14.2. The SMILES string of the molecule is O=C(NS(=O)(=O)N1CCc2sccc2C1)C1CCCN1S(=O)(=O)c1ccc(F)cc1. The quantitative estimate of drug-likeness (QED) is 0.708. The van der Waals surface area contributed by atoms with E-state index in [9.17, 15) is 26.0 Å². The molecular formula is C18H20FN3O5S3. The van der Waals surface area contributed by atoms with E-state index < -0.39 is 38.0 Å². The Morgan fingerprint density at radius 2 is 1.83 bits per heavy atom. The van der Waals surface area contributed by atoms with Crippen molar-refractivity contribution in [2.75, 3.05) is 13.1 Å². The van der Waals surface area contributed by atoms with Crippen molar-refractivity contribution >= 4 is 37.5 Å². The minimum absolute atomic E-state index is 0.0832. The van der Waals surface area contributed by atoms with Gasteiger partial charge in [-0.3, -0.25) is 4.79 Å². The van der Waals surface area contributed by atoms with Gasteiger partial charge in [0.15, 0.2) is 0 Å². The van der Waals surface area contributed by atoms with E-state index in [-0.39, 0.29) is 31.0 Å². The zero-order valence-corrected chi connectivity index (χ0v) is 18.3. The highest BCUT2D eigenvalue weighted by Crippen LogP contribution is 2.28. The Labute approximate surface area is 178 Å². The molecule has 8 nitrogen and oxygen atoms in total. The summed E-state index contributed by atoms with van der Waals surface area (Å²) in [6.07, 6.45) is 1.19. The number of nitrogens with one attached hydrogen (secondary N) is 1. The number of amides is 1. The Morgan fingerprint density at radius 3 is 2.57 bits per heavy atom. The van der Waals surface area contributed by atoms with E-state index >= 15 is 0 Å². The van der Waals surface area contributed by atoms with Gasteiger partial charge >= 0.3 is 10.2 Å². The number of hydrogen-bond acceptors (Lipinski definition) is 6. The number of nitrogens with zero attached hydrogens (tertiary/aromatic N) is 2. The van der Waals surface area contributed by atoms with Crippen LogP contribution in [0.15, 0.2) is 40.6 Å². The van der Waals surface area contributed by atoms with Crippen LogP contribution >= 0.6 is 11.3 Å². The maximum atomic E-state index is 13.1. The molecule has 1 amide bonds. The zero-order valence-electron chi connectivity index (χ0n) is 15.8. The molecule has 0 radical (unpaired) electrons. The molecule has 4 rings (SSSR count). The van der Waals surface area contributed by atoms with Crippen molar-refractivity contribution in [3.8, 4) is 0 Å². The van der Waals surface area contributed by atoms with Gasteiger partial charge in [0.05, 0.1) is 4.90 Å². The van der Waals surface area contributed by atoms with Crippen molar-refractivity contribution in [2.45, 2.75) is 36.7 Å². The Morgan fingerprint density at radius 1 is 1.10 bits per heavy atom. The maximum Gasteiger partial charge on any atom is 0.304 e. The number of hydrogen-bond donors (Lipinski definition) is 1. The van der Waals surface area contributed by atoms with Crippen LogP contribution in [0.4, 0.5) is 4.39 Å². The first kappa shape index (κ1) is 21.4. The van der Waals surface area contributed by atoms with Crippen molar-refractivity contribution in [1.82, 2.24) is 13.3 Å². The van der Waals surface area contributed by atoms with Crippen LogP contribution in [-0.4, -0.2) is 50.5 Å². The van der Waals surface area contributed by atoms with E-state index in [0.717, 1.165) is 39.0 Å². The lowest BCUT2D eigenvalue weighted by Crippen LogP contribution is -2.51. The number of carbonyl (C=O) groups is 1. The molecule has 3 heterocycles. The Bertz CT molecular complexity index is 1160. The summed E-state index contributed by atoms with van der Waals surface area (Å²) in [7, 11) is -8.18. The number of thiophene rings is 1. The molecule has 0 aliphatic carbocycles. The average molecular weight is 474 g/mol. The Hall–Kier alpha value is -1.86. The Kier molecular flexibility index (Phi) is 5.70. The normalized spacial score (nSPS) is 20.8. The van der Waals surface area contributed by atoms with Crippen LogP contribution in [0.5, 0.6) is 0 Å². The number of rotatable bonds is 5. The molecule has 1 N–H and O–H groups in total. The fraction of sp³-hybridized carbons (Fsp3) is 0.389.